The first-order valence-electron chi connectivity index (χ1n) is 12.3. The summed E-state index contributed by atoms with van der Waals surface area (Å²) in [5.74, 6) is 1.94. The summed E-state index contributed by atoms with van der Waals surface area (Å²) in [6.45, 7) is 4.89. The van der Waals surface area contributed by atoms with Crippen LogP contribution in [0.15, 0.2) is 83.3 Å². The summed E-state index contributed by atoms with van der Waals surface area (Å²) in [5.41, 5.74) is 4.73. The Morgan fingerprint density at radius 3 is 2.03 bits per heavy atom. The number of carbonyl (C=O) groups excluding carboxylic acids is 2. The molecule has 2 aromatic carbocycles. The maximum Gasteiger partial charge on any atom is 0.163 e. The van der Waals surface area contributed by atoms with Crippen molar-refractivity contribution < 1.29 is 14.3 Å². The van der Waals surface area contributed by atoms with Crippen LogP contribution in [0.5, 0.6) is 0 Å². The highest BCUT2D eigenvalue weighted by molar-refractivity contribution is 6.06. The highest BCUT2D eigenvalue weighted by Gasteiger charge is 2.45. The van der Waals surface area contributed by atoms with Gasteiger partial charge >= 0.3 is 0 Å². The fourth-order valence-corrected chi connectivity index (χ4v) is 6.00. The summed E-state index contributed by atoms with van der Waals surface area (Å²) >= 11 is 0. The minimum absolute atomic E-state index is 0.119. The highest BCUT2D eigenvalue weighted by atomic mass is 16.5. The zero-order chi connectivity index (χ0) is 23.4. The number of benzene rings is 2. The fraction of sp³-hybridized carbons (Fsp3) is 0.333. The second-order valence-corrected chi connectivity index (χ2v) is 10.3. The molecule has 0 bridgehead atoms. The van der Waals surface area contributed by atoms with E-state index in [0.717, 1.165) is 41.0 Å². The Hall–Kier alpha value is -3.40. The molecule has 2 aliphatic carbocycles. The Morgan fingerprint density at radius 1 is 0.794 bits per heavy atom. The molecule has 0 spiro atoms. The van der Waals surface area contributed by atoms with E-state index in [0.29, 0.717) is 30.5 Å². The summed E-state index contributed by atoms with van der Waals surface area (Å²) < 4.78 is 8.67. The molecule has 2 heterocycles. The van der Waals surface area contributed by atoms with Gasteiger partial charge in [0.05, 0.1) is 5.92 Å². The molecule has 3 aromatic rings. The number of para-hydroxylation sites is 1. The number of hydrogen-bond acceptors (Lipinski definition) is 3. The fourth-order valence-electron chi connectivity index (χ4n) is 6.00. The van der Waals surface area contributed by atoms with Crippen molar-refractivity contribution in [3.05, 3.63) is 94.6 Å². The summed E-state index contributed by atoms with van der Waals surface area (Å²) in [6, 6.07) is 20.9. The molecular weight excluding hydrogens is 422 g/mol. The zero-order valence-corrected chi connectivity index (χ0v) is 19.7. The summed E-state index contributed by atoms with van der Waals surface area (Å²) in [7, 11) is 0. The third-order valence-corrected chi connectivity index (χ3v) is 7.48. The van der Waals surface area contributed by atoms with Gasteiger partial charge in [0.1, 0.15) is 11.5 Å². The van der Waals surface area contributed by atoms with Crippen LogP contribution >= 0.6 is 0 Å². The molecule has 0 radical (unpaired) electrons. The second kappa shape index (κ2) is 8.12. The number of hydrogen-bond donors (Lipinski definition) is 0. The Balaban J connectivity index is 1.60. The lowest BCUT2D eigenvalue weighted by Gasteiger charge is -2.38. The van der Waals surface area contributed by atoms with Crippen LogP contribution in [0.4, 0.5) is 0 Å². The number of Topliss-reactive ketones (excluding diaryl/α,β-unsaturated/α-hetero) is 2. The van der Waals surface area contributed by atoms with Crippen molar-refractivity contribution in [1.29, 1.82) is 0 Å². The standard InChI is InChI=1S/C30H29NO3/c1-18-12-24(32)29-26(14-18)34-27-15-19(2)13-25(33)30(27)28(29)23-16-21-10-6-7-11-22(21)31(23)17-20-8-4-3-5-9-20/h3-11,16,18-19,28H,12-15,17H2,1-2H3. The minimum Gasteiger partial charge on any atom is -0.465 e. The smallest absolute Gasteiger partial charge is 0.163 e. The lowest BCUT2D eigenvalue weighted by atomic mass is 9.72. The van der Waals surface area contributed by atoms with Crippen LogP contribution in [-0.4, -0.2) is 16.1 Å². The molecule has 172 valence electrons. The van der Waals surface area contributed by atoms with Gasteiger partial charge in [0.15, 0.2) is 11.6 Å². The van der Waals surface area contributed by atoms with Crippen LogP contribution in [0.3, 0.4) is 0 Å². The molecule has 1 aliphatic heterocycles. The Labute approximate surface area is 199 Å². The van der Waals surface area contributed by atoms with Gasteiger partial charge in [0.2, 0.25) is 0 Å². The number of carbonyl (C=O) groups is 2. The van der Waals surface area contributed by atoms with Crippen LogP contribution in [-0.2, 0) is 20.9 Å². The lowest BCUT2D eigenvalue weighted by molar-refractivity contribution is -0.118. The van der Waals surface area contributed by atoms with E-state index < -0.39 is 0 Å². The van der Waals surface area contributed by atoms with Crippen LogP contribution in [0.25, 0.3) is 10.9 Å². The van der Waals surface area contributed by atoms with Gasteiger partial charge < -0.3 is 9.30 Å². The van der Waals surface area contributed by atoms with Crippen molar-refractivity contribution in [2.45, 2.75) is 52.0 Å². The van der Waals surface area contributed by atoms with Gasteiger partial charge in [-0.05, 0) is 34.9 Å². The molecule has 4 heteroatoms. The Morgan fingerprint density at radius 2 is 1.38 bits per heavy atom. The highest BCUT2D eigenvalue weighted by Crippen LogP contribution is 2.50. The number of aromatic nitrogens is 1. The third-order valence-electron chi connectivity index (χ3n) is 7.48. The van der Waals surface area contributed by atoms with Gasteiger partial charge in [0, 0.05) is 54.6 Å². The molecule has 0 saturated heterocycles. The van der Waals surface area contributed by atoms with E-state index in [1.54, 1.807) is 0 Å². The van der Waals surface area contributed by atoms with Gasteiger partial charge in [-0.3, -0.25) is 9.59 Å². The molecule has 2 atom stereocenters. The molecule has 0 amide bonds. The lowest BCUT2D eigenvalue weighted by Crippen LogP contribution is -2.34. The van der Waals surface area contributed by atoms with Crippen molar-refractivity contribution in [2.75, 3.05) is 0 Å². The van der Waals surface area contributed by atoms with Crippen molar-refractivity contribution in [2.24, 2.45) is 11.8 Å². The number of rotatable bonds is 3. The zero-order valence-electron chi connectivity index (χ0n) is 19.7. The van der Waals surface area contributed by atoms with E-state index in [1.807, 2.05) is 18.2 Å². The van der Waals surface area contributed by atoms with E-state index in [1.165, 1.54) is 5.56 Å². The molecule has 0 saturated carbocycles. The average molecular weight is 452 g/mol. The molecule has 34 heavy (non-hydrogen) atoms. The van der Waals surface area contributed by atoms with Crippen LogP contribution in [0.2, 0.25) is 0 Å². The van der Waals surface area contributed by atoms with Gasteiger partial charge in [-0.2, -0.15) is 0 Å². The van der Waals surface area contributed by atoms with E-state index in [9.17, 15) is 9.59 Å². The van der Waals surface area contributed by atoms with Gasteiger partial charge in [-0.25, -0.2) is 0 Å². The van der Waals surface area contributed by atoms with E-state index >= 15 is 0 Å². The monoisotopic (exact) mass is 451 g/mol. The number of fused-ring (bicyclic) bond motifs is 1. The van der Waals surface area contributed by atoms with Crippen LogP contribution in [0, 0.1) is 11.8 Å². The van der Waals surface area contributed by atoms with Gasteiger partial charge in [-0.1, -0.05) is 62.4 Å². The van der Waals surface area contributed by atoms with Crippen LogP contribution in [0.1, 0.15) is 56.7 Å². The van der Waals surface area contributed by atoms with Crippen molar-refractivity contribution in [1.82, 2.24) is 4.57 Å². The molecular formula is C30H29NO3. The van der Waals surface area contributed by atoms with Crippen molar-refractivity contribution >= 4 is 22.5 Å². The average Bonchev–Trinajstić information content (AvgIpc) is 3.16. The van der Waals surface area contributed by atoms with E-state index in [2.05, 4.69) is 60.9 Å². The number of nitrogens with zero attached hydrogens (tertiary/aromatic N) is 1. The first-order chi connectivity index (χ1) is 16.5. The van der Waals surface area contributed by atoms with Gasteiger partial charge in [0.25, 0.3) is 0 Å². The predicted octanol–water partition coefficient (Wildman–Crippen LogP) is 6.31. The normalized spacial score (nSPS) is 24.8. The van der Waals surface area contributed by atoms with E-state index in [-0.39, 0.29) is 29.3 Å². The first-order valence-corrected chi connectivity index (χ1v) is 12.3. The molecule has 4 nitrogen and oxygen atoms in total. The summed E-state index contributed by atoms with van der Waals surface area (Å²) in [6.07, 6.45) is 2.50. The van der Waals surface area contributed by atoms with Crippen molar-refractivity contribution in [3.63, 3.8) is 0 Å². The molecule has 0 N–H and O–H groups in total. The summed E-state index contributed by atoms with van der Waals surface area (Å²) in [4.78, 5) is 26.9. The van der Waals surface area contributed by atoms with Gasteiger partial charge in [-0.15, -0.1) is 0 Å². The number of allylic oxidation sites excluding steroid dienone is 4. The molecule has 2 unspecified atom stereocenters. The van der Waals surface area contributed by atoms with Crippen molar-refractivity contribution in [3.8, 4) is 0 Å². The second-order valence-electron chi connectivity index (χ2n) is 10.3. The maximum absolute atomic E-state index is 13.5. The Bertz CT molecular complexity index is 1330. The maximum atomic E-state index is 13.5. The molecule has 0 fully saturated rings. The SMILES string of the molecule is CC1CC(=O)C2=C(C1)OC1=C(C(=O)CC(C)C1)C2c1cc2ccccc2n1Cc1ccccc1. The minimum atomic E-state index is -0.366. The third kappa shape index (κ3) is 3.44. The number of ether oxygens (including phenoxy) is 1. The molecule has 6 rings (SSSR count). The van der Waals surface area contributed by atoms with E-state index in [4.69, 9.17) is 4.74 Å². The summed E-state index contributed by atoms with van der Waals surface area (Å²) in [5, 5.41) is 1.12. The largest absolute Gasteiger partial charge is 0.465 e. The number of ketones is 2. The molecule has 1 aromatic heterocycles. The Kier molecular flexibility index (Phi) is 5.05. The predicted molar refractivity (Wildman–Crippen MR) is 132 cm³/mol. The van der Waals surface area contributed by atoms with Crippen LogP contribution < -0.4 is 0 Å². The first kappa shape index (κ1) is 21.2. The quantitative estimate of drug-likeness (QED) is 0.469. The topological polar surface area (TPSA) is 48.3 Å². The molecule has 3 aliphatic rings.